The van der Waals surface area contributed by atoms with Gasteiger partial charge in [-0.3, -0.25) is 0 Å². The molecule has 0 unspecified atom stereocenters. The smallest absolute Gasteiger partial charge is 0.0584 e. The van der Waals surface area contributed by atoms with Gasteiger partial charge in [0.1, 0.15) is 0 Å². The van der Waals surface area contributed by atoms with E-state index in [0.29, 0.717) is 12.1 Å². The van der Waals surface area contributed by atoms with Gasteiger partial charge in [-0.15, -0.1) is 0 Å². The molecule has 0 amide bonds. The topological polar surface area (TPSA) is 32.3 Å². The number of hydrogen-bond acceptors (Lipinski definition) is 2. The molecule has 0 radical (unpaired) electrons. The quantitative estimate of drug-likeness (QED) is 0.747. The molecule has 1 aliphatic rings. The molecule has 1 aromatic carbocycles. The van der Waals surface area contributed by atoms with Gasteiger partial charge in [0.15, 0.2) is 0 Å². The second-order valence-corrected chi connectivity index (χ2v) is 4.09. The summed E-state index contributed by atoms with van der Waals surface area (Å²) in [5, 5.41) is 12.5. The zero-order valence-electron chi connectivity index (χ0n) is 8.53. The number of aliphatic hydroxyl groups is 1. The highest BCUT2D eigenvalue weighted by Gasteiger charge is 2.23. The van der Waals surface area contributed by atoms with Gasteiger partial charge in [-0.25, -0.2) is 0 Å². The first kappa shape index (κ1) is 9.69. The second-order valence-electron chi connectivity index (χ2n) is 4.09. The Labute approximate surface area is 85.0 Å². The molecule has 0 saturated carbocycles. The van der Waals surface area contributed by atoms with Crippen molar-refractivity contribution in [2.24, 2.45) is 0 Å². The van der Waals surface area contributed by atoms with Crippen molar-refractivity contribution in [3.05, 3.63) is 35.4 Å². The van der Waals surface area contributed by atoms with Crippen LogP contribution in [-0.4, -0.2) is 17.8 Å². The van der Waals surface area contributed by atoms with Gasteiger partial charge in [0.25, 0.3) is 0 Å². The lowest BCUT2D eigenvalue weighted by molar-refractivity contribution is 0.251. The molecule has 1 heterocycles. The van der Waals surface area contributed by atoms with Crippen molar-refractivity contribution in [1.82, 2.24) is 5.32 Å². The van der Waals surface area contributed by atoms with Crippen LogP contribution in [0.2, 0.25) is 0 Å². The zero-order valence-corrected chi connectivity index (χ0v) is 8.53. The highest BCUT2D eigenvalue weighted by atomic mass is 16.3. The number of hydrogen-bond donors (Lipinski definition) is 2. The van der Waals surface area contributed by atoms with Gasteiger partial charge in [0, 0.05) is 12.1 Å². The highest BCUT2D eigenvalue weighted by Crippen LogP contribution is 2.26. The summed E-state index contributed by atoms with van der Waals surface area (Å²) in [5.74, 6) is 0. The molecule has 1 aromatic rings. The monoisotopic (exact) mass is 191 g/mol. The first-order chi connectivity index (χ1) is 6.79. The molecular weight excluding hydrogens is 174 g/mol. The molecule has 1 aliphatic heterocycles. The average molecular weight is 191 g/mol. The number of nitrogens with one attached hydrogen (secondary N) is 1. The Bertz CT molecular complexity index is 311. The van der Waals surface area contributed by atoms with Crippen LogP contribution >= 0.6 is 0 Å². The molecule has 1 fully saturated rings. The summed E-state index contributed by atoms with van der Waals surface area (Å²) in [6, 6.07) is 9.31. The summed E-state index contributed by atoms with van der Waals surface area (Å²) in [6.07, 6.45) is 2.21. The molecule has 2 nitrogen and oxygen atoms in total. The van der Waals surface area contributed by atoms with E-state index in [1.54, 1.807) is 0 Å². The number of rotatable bonds is 2. The molecule has 0 aliphatic carbocycles. The Morgan fingerprint density at radius 3 is 2.93 bits per heavy atom. The van der Waals surface area contributed by atoms with Crippen molar-refractivity contribution < 1.29 is 5.11 Å². The normalized spacial score (nSPS) is 26.7. The van der Waals surface area contributed by atoms with Crippen molar-refractivity contribution in [1.29, 1.82) is 0 Å². The third-order valence-electron chi connectivity index (χ3n) is 2.91. The summed E-state index contributed by atoms with van der Waals surface area (Å²) < 4.78 is 0. The molecule has 2 N–H and O–H groups in total. The lowest BCUT2D eigenvalue weighted by Gasteiger charge is -2.13. The molecule has 2 heteroatoms. The van der Waals surface area contributed by atoms with Gasteiger partial charge in [0.2, 0.25) is 0 Å². The van der Waals surface area contributed by atoms with E-state index in [0.717, 1.165) is 12.8 Å². The van der Waals surface area contributed by atoms with Gasteiger partial charge in [0.05, 0.1) is 6.61 Å². The zero-order chi connectivity index (χ0) is 9.97. The van der Waals surface area contributed by atoms with Crippen molar-refractivity contribution in [3.8, 4) is 0 Å². The predicted octanol–water partition coefficient (Wildman–Crippen LogP) is 1.78. The summed E-state index contributed by atoms with van der Waals surface area (Å²) in [5.41, 5.74) is 2.65. The van der Waals surface area contributed by atoms with E-state index in [4.69, 9.17) is 5.11 Å². The van der Waals surface area contributed by atoms with Crippen LogP contribution in [-0.2, 0) is 0 Å². The third kappa shape index (κ3) is 1.97. The maximum Gasteiger partial charge on any atom is 0.0584 e. The highest BCUT2D eigenvalue weighted by molar-refractivity contribution is 5.25. The largest absolute Gasteiger partial charge is 0.395 e. The molecule has 14 heavy (non-hydrogen) atoms. The SMILES string of the molecule is Cc1cccc([C@H]2CC[C@H](CO)N2)c1. The van der Waals surface area contributed by atoms with Crippen molar-refractivity contribution in [2.45, 2.75) is 31.8 Å². The van der Waals surface area contributed by atoms with E-state index in [9.17, 15) is 0 Å². The fourth-order valence-electron chi connectivity index (χ4n) is 2.11. The lowest BCUT2D eigenvalue weighted by Crippen LogP contribution is -2.27. The first-order valence-electron chi connectivity index (χ1n) is 5.23. The first-order valence-corrected chi connectivity index (χ1v) is 5.23. The van der Waals surface area contributed by atoms with Crippen LogP contribution < -0.4 is 5.32 Å². The number of benzene rings is 1. The van der Waals surface area contributed by atoms with Gasteiger partial charge in [-0.05, 0) is 25.3 Å². The minimum absolute atomic E-state index is 0.252. The standard InChI is InChI=1S/C12H17NO/c1-9-3-2-4-10(7-9)12-6-5-11(8-14)13-12/h2-4,7,11-14H,5-6,8H2,1H3/t11-,12-/m1/s1. The Kier molecular flexibility index (Phi) is 2.85. The van der Waals surface area contributed by atoms with E-state index in [2.05, 4.69) is 36.5 Å². The van der Waals surface area contributed by atoms with Crippen molar-refractivity contribution in [2.75, 3.05) is 6.61 Å². The second kappa shape index (κ2) is 4.11. The molecule has 1 saturated heterocycles. The van der Waals surface area contributed by atoms with Crippen LogP contribution in [0.25, 0.3) is 0 Å². The fourth-order valence-corrected chi connectivity index (χ4v) is 2.11. The minimum Gasteiger partial charge on any atom is -0.395 e. The van der Waals surface area contributed by atoms with E-state index >= 15 is 0 Å². The van der Waals surface area contributed by atoms with E-state index in [-0.39, 0.29) is 6.61 Å². The Balaban J connectivity index is 2.09. The van der Waals surface area contributed by atoms with Crippen molar-refractivity contribution in [3.63, 3.8) is 0 Å². The number of aryl methyl sites for hydroxylation is 1. The Hall–Kier alpha value is -0.860. The molecule has 2 atom stereocenters. The fraction of sp³-hybridized carbons (Fsp3) is 0.500. The predicted molar refractivity (Wildman–Crippen MR) is 57.2 cm³/mol. The Morgan fingerprint density at radius 2 is 2.29 bits per heavy atom. The molecule has 76 valence electrons. The summed E-state index contributed by atoms with van der Waals surface area (Å²) >= 11 is 0. The molecule has 0 spiro atoms. The summed E-state index contributed by atoms with van der Waals surface area (Å²) in [6.45, 7) is 2.37. The van der Waals surface area contributed by atoms with Gasteiger partial charge < -0.3 is 10.4 Å². The van der Waals surface area contributed by atoms with Crippen LogP contribution in [0.4, 0.5) is 0 Å². The molecular formula is C12H17NO. The van der Waals surface area contributed by atoms with Crippen LogP contribution in [0.1, 0.15) is 30.0 Å². The van der Waals surface area contributed by atoms with Crippen LogP contribution in [0.15, 0.2) is 24.3 Å². The molecule has 0 aromatic heterocycles. The van der Waals surface area contributed by atoms with E-state index in [1.165, 1.54) is 11.1 Å². The molecule has 0 bridgehead atoms. The van der Waals surface area contributed by atoms with Gasteiger partial charge in [-0.2, -0.15) is 0 Å². The van der Waals surface area contributed by atoms with E-state index < -0.39 is 0 Å². The van der Waals surface area contributed by atoms with Crippen LogP contribution in [0, 0.1) is 6.92 Å². The van der Waals surface area contributed by atoms with Crippen LogP contribution in [0.3, 0.4) is 0 Å². The number of aliphatic hydroxyl groups excluding tert-OH is 1. The van der Waals surface area contributed by atoms with E-state index in [1.807, 2.05) is 0 Å². The lowest BCUT2D eigenvalue weighted by atomic mass is 10.0. The summed E-state index contributed by atoms with van der Waals surface area (Å²) in [7, 11) is 0. The maximum absolute atomic E-state index is 9.02. The molecule has 2 rings (SSSR count). The minimum atomic E-state index is 0.252. The Morgan fingerprint density at radius 1 is 1.43 bits per heavy atom. The maximum atomic E-state index is 9.02. The van der Waals surface area contributed by atoms with Crippen molar-refractivity contribution >= 4 is 0 Å². The van der Waals surface area contributed by atoms with Gasteiger partial charge >= 0.3 is 0 Å². The van der Waals surface area contributed by atoms with Gasteiger partial charge in [-0.1, -0.05) is 29.8 Å². The average Bonchev–Trinajstić information content (AvgIpc) is 2.66. The summed E-state index contributed by atoms with van der Waals surface area (Å²) in [4.78, 5) is 0. The third-order valence-corrected chi connectivity index (χ3v) is 2.91. The van der Waals surface area contributed by atoms with Crippen LogP contribution in [0.5, 0.6) is 0 Å².